The van der Waals surface area contributed by atoms with Gasteiger partial charge in [0.15, 0.2) is 0 Å². The van der Waals surface area contributed by atoms with Crippen molar-refractivity contribution in [2.45, 2.75) is 0 Å². The number of furan rings is 4. The zero-order valence-corrected chi connectivity index (χ0v) is 58.1. The molecule has 0 atom stereocenters. The van der Waals surface area contributed by atoms with Crippen molar-refractivity contribution in [2.75, 3.05) is 0 Å². The molecule has 4 heterocycles. The highest BCUT2D eigenvalue weighted by Crippen LogP contribution is 2.50. The molecule has 0 bridgehead atoms. The fourth-order valence-electron chi connectivity index (χ4n) is 18.3. The summed E-state index contributed by atoms with van der Waals surface area (Å²) >= 11 is 0. The van der Waals surface area contributed by atoms with E-state index in [-0.39, 0.29) is 0 Å². The average Bonchev–Trinajstić information content (AvgIpc) is 1.06. The molecule has 0 saturated heterocycles. The van der Waals surface area contributed by atoms with Crippen LogP contribution in [0.25, 0.3) is 252 Å². The molecule has 0 N–H and O–H groups in total. The first-order valence-corrected chi connectivity index (χ1v) is 37.0. The molecule has 0 radical (unpaired) electrons. The Morgan fingerprint density at radius 3 is 0.935 bits per heavy atom. The molecule has 24 rings (SSSR count). The van der Waals surface area contributed by atoms with Crippen LogP contribution in [0.1, 0.15) is 0 Å². The Morgan fingerprint density at radius 2 is 0.444 bits per heavy atom. The van der Waals surface area contributed by atoms with Crippen molar-refractivity contribution in [3.63, 3.8) is 0 Å². The summed E-state index contributed by atoms with van der Waals surface area (Å²) in [7, 11) is 0. The molecule has 0 aliphatic carbocycles. The average molecular weight is 1370 g/mol. The van der Waals surface area contributed by atoms with Gasteiger partial charge in [-0.05, 0) is 262 Å². The third-order valence-electron chi connectivity index (χ3n) is 23.4. The Labute approximate surface area is 617 Å². The second kappa shape index (κ2) is 22.6. The Balaban J connectivity index is 0.615. The Hall–Kier alpha value is -14.3. The minimum atomic E-state index is 0.849. The summed E-state index contributed by atoms with van der Waals surface area (Å²) in [6.45, 7) is 0. The summed E-state index contributed by atoms with van der Waals surface area (Å²) in [4.78, 5) is 0. The minimum absolute atomic E-state index is 0.849. The normalized spacial score (nSPS) is 12.3. The van der Waals surface area contributed by atoms with Gasteiger partial charge >= 0.3 is 0 Å². The Kier molecular flexibility index (Phi) is 12.4. The largest absolute Gasteiger partial charge is 0.456 e. The lowest BCUT2D eigenvalue weighted by atomic mass is 9.85. The summed E-state index contributed by atoms with van der Waals surface area (Å²) in [5.74, 6) is 0. The Morgan fingerprint density at radius 1 is 0.130 bits per heavy atom. The molecular weight excluding hydrogens is 1310 g/mol. The van der Waals surface area contributed by atoms with E-state index in [1.807, 2.05) is 18.2 Å². The van der Waals surface area contributed by atoms with Crippen molar-refractivity contribution >= 4 is 174 Å². The predicted octanol–water partition coefficient (Wildman–Crippen LogP) is 30.2. The van der Waals surface area contributed by atoms with Crippen LogP contribution in [0.4, 0.5) is 0 Å². The lowest BCUT2D eigenvalue weighted by molar-refractivity contribution is 0.668. The maximum atomic E-state index is 6.88. The maximum Gasteiger partial charge on any atom is 0.143 e. The molecule has 0 amide bonds. The van der Waals surface area contributed by atoms with E-state index in [2.05, 4.69) is 334 Å². The lowest BCUT2D eigenvalue weighted by Crippen LogP contribution is -1.91. The molecule has 0 spiro atoms. The molecule has 498 valence electrons. The molecule has 0 aliphatic heterocycles. The van der Waals surface area contributed by atoms with E-state index >= 15 is 0 Å². The summed E-state index contributed by atoms with van der Waals surface area (Å²) in [5.41, 5.74) is 22.8. The van der Waals surface area contributed by atoms with E-state index in [4.69, 9.17) is 17.7 Å². The van der Waals surface area contributed by atoms with E-state index in [9.17, 15) is 0 Å². The van der Waals surface area contributed by atoms with Crippen LogP contribution >= 0.6 is 0 Å². The van der Waals surface area contributed by atoms with Gasteiger partial charge in [-0.2, -0.15) is 0 Å². The fourth-order valence-corrected chi connectivity index (χ4v) is 18.3. The van der Waals surface area contributed by atoms with E-state index < -0.39 is 0 Å². The maximum absolute atomic E-state index is 6.88. The number of fused-ring (bicyclic) bond motifs is 20. The highest BCUT2D eigenvalue weighted by molar-refractivity contribution is 6.25. The van der Waals surface area contributed by atoms with Crippen LogP contribution in [0.5, 0.6) is 0 Å². The number of rotatable bonds is 7. The zero-order chi connectivity index (χ0) is 70.4. The van der Waals surface area contributed by atoms with E-state index in [1.165, 1.54) is 92.1 Å². The lowest BCUT2D eigenvalue weighted by Gasteiger charge is -2.18. The van der Waals surface area contributed by atoms with Crippen LogP contribution in [0, 0.1) is 0 Å². The fraction of sp³-hybridized carbons (Fsp3) is 0. The minimum Gasteiger partial charge on any atom is -0.456 e. The van der Waals surface area contributed by atoms with Gasteiger partial charge in [0.1, 0.15) is 44.7 Å². The highest BCUT2D eigenvalue weighted by atomic mass is 16.3. The van der Waals surface area contributed by atoms with Gasteiger partial charge in [0.2, 0.25) is 0 Å². The number of hydrogen-bond donors (Lipinski definition) is 0. The van der Waals surface area contributed by atoms with Gasteiger partial charge in [0, 0.05) is 54.2 Å². The predicted molar refractivity (Wildman–Crippen MR) is 454 cm³/mol. The molecular formula is C104H58O4. The monoisotopic (exact) mass is 1370 g/mol. The van der Waals surface area contributed by atoms with Gasteiger partial charge in [0.05, 0.1) is 0 Å². The summed E-state index contributed by atoms with van der Waals surface area (Å²) in [6, 6.07) is 129. The van der Waals surface area contributed by atoms with Crippen LogP contribution in [-0.2, 0) is 0 Å². The molecule has 0 saturated carbocycles. The van der Waals surface area contributed by atoms with Crippen molar-refractivity contribution in [1.29, 1.82) is 0 Å². The van der Waals surface area contributed by atoms with E-state index in [0.29, 0.717) is 0 Å². The quantitative estimate of drug-likeness (QED) is 0.149. The van der Waals surface area contributed by atoms with Crippen molar-refractivity contribution < 1.29 is 17.7 Å². The molecule has 24 aromatic rings. The topological polar surface area (TPSA) is 52.6 Å². The summed E-state index contributed by atoms with van der Waals surface area (Å²) < 4.78 is 26.9. The van der Waals surface area contributed by atoms with Crippen molar-refractivity contribution in [1.82, 2.24) is 0 Å². The molecule has 108 heavy (non-hydrogen) atoms. The van der Waals surface area contributed by atoms with Gasteiger partial charge in [-0.3, -0.25) is 0 Å². The van der Waals surface area contributed by atoms with Gasteiger partial charge in [-0.1, -0.05) is 243 Å². The summed E-state index contributed by atoms with van der Waals surface area (Å²) in [5, 5.41) is 27.8. The second-order valence-electron chi connectivity index (χ2n) is 29.2. The smallest absolute Gasteiger partial charge is 0.143 e. The first-order chi connectivity index (χ1) is 53.5. The molecule has 4 heteroatoms. The third kappa shape index (κ3) is 8.86. The van der Waals surface area contributed by atoms with Crippen LogP contribution in [0.2, 0.25) is 0 Å². The van der Waals surface area contributed by atoms with Gasteiger partial charge < -0.3 is 17.7 Å². The first kappa shape index (κ1) is 59.1. The summed E-state index contributed by atoms with van der Waals surface area (Å²) in [6.07, 6.45) is 0. The van der Waals surface area contributed by atoms with Crippen LogP contribution in [-0.4, -0.2) is 0 Å². The molecule has 4 aromatic heterocycles. The molecule has 0 unspecified atom stereocenters. The van der Waals surface area contributed by atoms with Crippen LogP contribution < -0.4 is 0 Å². The van der Waals surface area contributed by atoms with Gasteiger partial charge in [-0.25, -0.2) is 0 Å². The van der Waals surface area contributed by atoms with Crippen LogP contribution in [0.15, 0.2) is 370 Å². The SMILES string of the molecule is c1ccc2cc3cc(-c4c5cccc(-c6ccc7c(c6)oc6ccccc67)c5cc5c(-c6ccc7c(c6)oc6ccc(-c8ccc9cc%10cc(-c%11c%12cccc(-c%13cccc%14c%13oc%13ccccc%13%14)c%12cc%12c(-c%13cccc%14c%13oc%13ccccc%13%14)cccc%11%12)ccc%10cc9c8)cc67)cccc45)ccc3cc2c1. The number of benzene rings is 20. The highest BCUT2D eigenvalue weighted by Gasteiger charge is 2.24. The van der Waals surface area contributed by atoms with Crippen molar-refractivity contribution in [2.24, 2.45) is 0 Å². The third-order valence-corrected chi connectivity index (χ3v) is 23.4. The van der Waals surface area contributed by atoms with Crippen molar-refractivity contribution in [3.8, 4) is 77.9 Å². The van der Waals surface area contributed by atoms with Crippen LogP contribution in [0.3, 0.4) is 0 Å². The van der Waals surface area contributed by atoms with Gasteiger partial charge in [0.25, 0.3) is 0 Å². The Bertz CT molecular complexity index is 7900. The van der Waals surface area contributed by atoms with Crippen molar-refractivity contribution in [3.05, 3.63) is 352 Å². The standard InChI is InChI=1S/C104H58O4/c1-2-16-60-48-71-52-68(39-37-62(71)47-59(60)15-1)101-82-24-9-20-73(66-41-44-80-77-17-3-6-32-95(77)105-99(80)55-66)90(82)57-91-74(21-10-25-83(91)101)67-42-45-81-94-54-65(43-46-98(94)106-100(81)56-67)61-35-36-63-51-72-53-69(40-38-64(72)50-70(63)49-61)102-84-26-11-22-75(86-28-13-30-88-78-18-4-7-33-96(78)107-103(86)88)92(84)58-93-76(23-12-27-85(93)102)87-29-14-31-89-79-19-5-8-34-97(79)108-104(87)89/h1-58H. The van der Waals surface area contributed by atoms with E-state index in [0.717, 1.165) is 160 Å². The number of para-hydroxylation sites is 5. The number of hydrogen-bond acceptors (Lipinski definition) is 4. The van der Waals surface area contributed by atoms with E-state index in [1.54, 1.807) is 0 Å². The van der Waals surface area contributed by atoms with Gasteiger partial charge in [-0.15, -0.1) is 0 Å². The molecule has 0 fully saturated rings. The molecule has 20 aromatic carbocycles. The molecule has 4 nitrogen and oxygen atoms in total. The zero-order valence-electron chi connectivity index (χ0n) is 58.1. The first-order valence-electron chi connectivity index (χ1n) is 37.0. The molecule has 0 aliphatic rings. The second-order valence-corrected chi connectivity index (χ2v) is 29.2.